The Hall–Kier alpha value is -0.430. The zero-order valence-electron chi connectivity index (χ0n) is 11.8. The summed E-state index contributed by atoms with van der Waals surface area (Å²) in [6.07, 6.45) is 3.08. The summed E-state index contributed by atoms with van der Waals surface area (Å²) in [4.78, 5) is 2.38. The summed E-state index contributed by atoms with van der Waals surface area (Å²) >= 11 is 1.25. The van der Waals surface area contributed by atoms with Crippen LogP contribution in [-0.2, 0) is 10.0 Å². The number of rotatable bonds is 10. The van der Waals surface area contributed by atoms with Gasteiger partial charge in [-0.15, -0.1) is 11.3 Å². The van der Waals surface area contributed by atoms with E-state index >= 15 is 0 Å². The van der Waals surface area contributed by atoms with E-state index in [0.29, 0.717) is 10.8 Å². The summed E-state index contributed by atoms with van der Waals surface area (Å²) in [6.45, 7) is 8.13. The molecule has 6 heteroatoms. The number of nitrogens with one attached hydrogen (secondary N) is 1. The molecule has 0 aliphatic carbocycles. The van der Waals surface area contributed by atoms with Crippen molar-refractivity contribution in [3.8, 4) is 0 Å². The number of nitrogens with zero attached hydrogens (tertiary/aromatic N) is 1. The quantitative estimate of drug-likeness (QED) is 0.676. The summed E-state index contributed by atoms with van der Waals surface area (Å²) < 4.78 is 26.7. The Kier molecular flexibility index (Phi) is 7.60. The van der Waals surface area contributed by atoms with Crippen LogP contribution in [0.5, 0.6) is 0 Å². The molecule has 1 heterocycles. The van der Waals surface area contributed by atoms with Gasteiger partial charge in [0.05, 0.1) is 0 Å². The maximum Gasteiger partial charge on any atom is 0.250 e. The summed E-state index contributed by atoms with van der Waals surface area (Å²) in [7, 11) is -3.27. The largest absolute Gasteiger partial charge is 0.304 e. The zero-order valence-corrected chi connectivity index (χ0v) is 13.4. The van der Waals surface area contributed by atoms with Gasteiger partial charge in [-0.2, -0.15) is 0 Å². The minimum atomic E-state index is -3.27. The Bertz CT molecular complexity index is 426. The maximum atomic E-state index is 11.8. The van der Waals surface area contributed by atoms with E-state index in [1.54, 1.807) is 17.5 Å². The number of hydrogen-bond acceptors (Lipinski definition) is 4. The molecule has 1 aromatic rings. The molecule has 0 fully saturated rings. The normalized spacial score (nSPS) is 12.2. The van der Waals surface area contributed by atoms with Crippen molar-refractivity contribution in [1.29, 1.82) is 0 Å². The van der Waals surface area contributed by atoms with Gasteiger partial charge in [0.25, 0.3) is 0 Å². The number of unbranched alkanes of at least 4 members (excludes halogenated alkanes) is 2. The van der Waals surface area contributed by atoms with Gasteiger partial charge in [0.2, 0.25) is 10.0 Å². The van der Waals surface area contributed by atoms with Gasteiger partial charge in [0, 0.05) is 6.54 Å². The molecule has 0 atom stereocenters. The van der Waals surface area contributed by atoms with Gasteiger partial charge in [-0.1, -0.05) is 26.3 Å². The SMILES string of the molecule is CCN(CC)CCCCCNS(=O)(=O)c1cccs1. The predicted molar refractivity (Wildman–Crippen MR) is 81.1 cm³/mol. The van der Waals surface area contributed by atoms with E-state index in [1.165, 1.54) is 11.3 Å². The molecule has 4 nitrogen and oxygen atoms in total. The third-order valence-electron chi connectivity index (χ3n) is 3.10. The predicted octanol–water partition coefficient (Wildman–Crippen LogP) is 2.54. The number of sulfonamides is 1. The topological polar surface area (TPSA) is 49.4 Å². The highest BCUT2D eigenvalue weighted by atomic mass is 32.2. The van der Waals surface area contributed by atoms with Crippen molar-refractivity contribution in [3.05, 3.63) is 17.5 Å². The average Bonchev–Trinajstić information content (AvgIpc) is 2.92. The molecule has 0 radical (unpaired) electrons. The molecule has 1 N–H and O–H groups in total. The molecule has 0 aromatic carbocycles. The summed E-state index contributed by atoms with van der Waals surface area (Å²) in [5, 5.41) is 1.78. The molecule has 1 aromatic heterocycles. The van der Waals surface area contributed by atoms with Gasteiger partial charge in [-0.05, 0) is 43.9 Å². The van der Waals surface area contributed by atoms with Gasteiger partial charge in [0.15, 0.2) is 0 Å². The Morgan fingerprint density at radius 1 is 1.21 bits per heavy atom. The van der Waals surface area contributed by atoms with Crippen molar-refractivity contribution >= 4 is 21.4 Å². The third kappa shape index (κ3) is 6.03. The smallest absolute Gasteiger partial charge is 0.250 e. The minimum Gasteiger partial charge on any atom is -0.304 e. The highest BCUT2D eigenvalue weighted by Gasteiger charge is 2.13. The summed E-state index contributed by atoms with van der Waals surface area (Å²) in [5.41, 5.74) is 0. The van der Waals surface area contributed by atoms with Crippen molar-refractivity contribution in [2.75, 3.05) is 26.2 Å². The standard InChI is InChI=1S/C13H24N2O2S2/c1-3-15(4-2)11-7-5-6-10-14-19(16,17)13-9-8-12-18-13/h8-9,12,14H,3-7,10-11H2,1-2H3. The first kappa shape index (κ1) is 16.6. The molecule has 0 unspecified atom stereocenters. The number of hydrogen-bond donors (Lipinski definition) is 1. The third-order valence-corrected chi connectivity index (χ3v) is 5.96. The lowest BCUT2D eigenvalue weighted by Crippen LogP contribution is -2.25. The monoisotopic (exact) mass is 304 g/mol. The second kappa shape index (κ2) is 8.68. The first-order valence-electron chi connectivity index (χ1n) is 6.85. The lowest BCUT2D eigenvalue weighted by molar-refractivity contribution is 0.296. The van der Waals surface area contributed by atoms with Crippen molar-refractivity contribution in [2.45, 2.75) is 37.3 Å². The second-order valence-corrected chi connectivity index (χ2v) is 7.36. The van der Waals surface area contributed by atoms with E-state index < -0.39 is 10.0 Å². The van der Waals surface area contributed by atoms with Crippen LogP contribution in [-0.4, -0.2) is 39.5 Å². The highest BCUT2D eigenvalue weighted by molar-refractivity contribution is 7.91. The van der Waals surface area contributed by atoms with Crippen LogP contribution in [0.25, 0.3) is 0 Å². The van der Waals surface area contributed by atoms with E-state index in [0.717, 1.165) is 38.9 Å². The van der Waals surface area contributed by atoms with Gasteiger partial charge >= 0.3 is 0 Å². The molecular weight excluding hydrogens is 280 g/mol. The van der Waals surface area contributed by atoms with Crippen molar-refractivity contribution in [1.82, 2.24) is 9.62 Å². The second-order valence-electron chi connectivity index (χ2n) is 4.42. The van der Waals surface area contributed by atoms with E-state index in [1.807, 2.05) is 0 Å². The van der Waals surface area contributed by atoms with E-state index in [-0.39, 0.29) is 0 Å². The molecule has 0 aliphatic heterocycles. The molecule has 0 spiro atoms. The highest BCUT2D eigenvalue weighted by Crippen LogP contribution is 2.15. The van der Waals surface area contributed by atoms with Crippen LogP contribution in [0.1, 0.15) is 33.1 Å². The Morgan fingerprint density at radius 3 is 2.53 bits per heavy atom. The molecule has 0 bridgehead atoms. The molecule has 1 rings (SSSR count). The molecule has 19 heavy (non-hydrogen) atoms. The van der Waals surface area contributed by atoms with E-state index in [4.69, 9.17) is 0 Å². The molecule has 0 saturated carbocycles. The lowest BCUT2D eigenvalue weighted by Gasteiger charge is -2.17. The van der Waals surface area contributed by atoms with Crippen molar-refractivity contribution in [2.24, 2.45) is 0 Å². The molecule has 0 aliphatic rings. The van der Waals surface area contributed by atoms with Crippen LogP contribution in [0.15, 0.2) is 21.7 Å². The fraction of sp³-hybridized carbons (Fsp3) is 0.692. The molecule has 0 saturated heterocycles. The number of thiophene rings is 1. The van der Waals surface area contributed by atoms with E-state index in [9.17, 15) is 8.42 Å². The Morgan fingerprint density at radius 2 is 1.95 bits per heavy atom. The Labute approximate surface area is 120 Å². The van der Waals surface area contributed by atoms with Crippen LogP contribution in [0.4, 0.5) is 0 Å². The first-order chi connectivity index (χ1) is 9.10. The van der Waals surface area contributed by atoms with Crippen molar-refractivity contribution < 1.29 is 8.42 Å². The van der Waals surface area contributed by atoms with Gasteiger partial charge in [-0.25, -0.2) is 13.1 Å². The lowest BCUT2D eigenvalue weighted by atomic mass is 10.2. The summed E-state index contributed by atoms with van der Waals surface area (Å²) in [6, 6.07) is 3.39. The van der Waals surface area contributed by atoms with Gasteiger partial charge in [0.1, 0.15) is 4.21 Å². The minimum absolute atomic E-state index is 0.399. The molecule has 110 valence electrons. The fourth-order valence-corrected chi connectivity index (χ4v) is 3.98. The van der Waals surface area contributed by atoms with Gasteiger partial charge in [-0.3, -0.25) is 0 Å². The van der Waals surface area contributed by atoms with Crippen LogP contribution < -0.4 is 4.72 Å². The summed E-state index contributed by atoms with van der Waals surface area (Å²) in [5.74, 6) is 0. The van der Waals surface area contributed by atoms with E-state index in [2.05, 4.69) is 23.5 Å². The fourth-order valence-electron chi connectivity index (χ4n) is 1.87. The average molecular weight is 304 g/mol. The first-order valence-corrected chi connectivity index (χ1v) is 9.22. The van der Waals surface area contributed by atoms with Crippen molar-refractivity contribution in [3.63, 3.8) is 0 Å². The van der Waals surface area contributed by atoms with Crippen LogP contribution in [0, 0.1) is 0 Å². The van der Waals surface area contributed by atoms with Crippen LogP contribution in [0.3, 0.4) is 0 Å². The molecule has 0 amide bonds. The zero-order chi connectivity index (χ0) is 14.1. The van der Waals surface area contributed by atoms with Gasteiger partial charge < -0.3 is 4.90 Å². The Balaban J connectivity index is 2.14. The molecular formula is C13H24N2O2S2. The van der Waals surface area contributed by atoms with Crippen LogP contribution >= 0.6 is 11.3 Å². The maximum absolute atomic E-state index is 11.8. The van der Waals surface area contributed by atoms with Crippen LogP contribution in [0.2, 0.25) is 0 Å².